The van der Waals surface area contributed by atoms with Gasteiger partial charge in [-0.1, -0.05) is 25.9 Å². The van der Waals surface area contributed by atoms with Gasteiger partial charge in [0.1, 0.15) is 0 Å². The molecule has 0 aromatic carbocycles. The third-order valence-corrected chi connectivity index (χ3v) is 3.50. The van der Waals surface area contributed by atoms with Crippen LogP contribution in [-0.2, 0) is 12.0 Å². The van der Waals surface area contributed by atoms with E-state index >= 15 is 0 Å². The van der Waals surface area contributed by atoms with Crippen molar-refractivity contribution >= 4 is 0 Å². The molecule has 1 aliphatic rings. The lowest BCUT2D eigenvalue weighted by molar-refractivity contribution is 0.218. The Balaban J connectivity index is 1.96. The SMILES string of the molecule is CC(C1CC1)N(C)Cc1noc(C(C)(C)C)n1. The molecule has 1 fully saturated rings. The Hall–Kier alpha value is -0.900. The van der Waals surface area contributed by atoms with Crippen LogP contribution < -0.4 is 0 Å². The molecular formula is C13H23N3O. The number of nitrogens with zero attached hydrogens (tertiary/aromatic N) is 3. The van der Waals surface area contributed by atoms with E-state index in [1.54, 1.807) is 0 Å². The van der Waals surface area contributed by atoms with E-state index in [-0.39, 0.29) is 5.41 Å². The van der Waals surface area contributed by atoms with Crippen LogP contribution in [0.3, 0.4) is 0 Å². The standard InChI is InChI=1S/C13H23N3O/c1-9(10-6-7-10)16(5)8-11-14-12(17-15-11)13(2,3)4/h9-10H,6-8H2,1-5H3. The third-order valence-electron chi connectivity index (χ3n) is 3.50. The van der Waals surface area contributed by atoms with Crippen LogP contribution in [0.5, 0.6) is 0 Å². The Labute approximate surface area is 103 Å². The normalized spacial score (nSPS) is 18.7. The number of rotatable bonds is 4. The summed E-state index contributed by atoms with van der Waals surface area (Å²) in [6.07, 6.45) is 2.73. The van der Waals surface area contributed by atoms with E-state index < -0.39 is 0 Å². The molecule has 1 atom stereocenters. The predicted molar refractivity (Wildman–Crippen MR) is 66.7 cm³/mol. The van der Waals surface area contributed by atoms with Crippen LogP contribution in [0.15, 0.2) is 4.52 Å². The molecule has 17 heavy (non-hydrogen) atoms. The highest BCUT2D eigenvalue weighted by Crippen LogP contribution is 2.35. The van der Waals surface area contributed by atoms with Crippen LogP contribution >= 0.6 is 0 Å². The molecule has 96 valence electrons. The molecular weight excluding hydrogens is 214 g/mol. The van der Waals surface area contributed by atoms with Crippen LogP contribution in [0.4, 0.5) is 0 Å². The average molecular weight is 237 g/mol. The minimum absolute atomic E-state index is 0.0636. The summed E-state index contributed by atoms with van der Waals surface area (Å²) < 4.78 is 5.30. The van der Waals surface area contributed by atoms with Gasteiger partial charge in [-0.15, -0.1) is 0 Å². The van der Waals surface area contributed by atoms with E-state index in [1.165, 1.54) is 12.8 Å². The molecule has 4 nitrogen and oxygen atoms in total. The number of hydrogen-bond donors (Lipinski definition) is 0. The summed E-state index contributed by atoms with van der Waals surface area (Å²) in [6.45, 7) is 9.31. The summed E-state index contributed by atoms with van der Waals surface area (Å²) in [5.74, 6) is 2.39. The maximum absolute atomic E-state index is 5.30. The molecule has 1 heterocycles. The van der Waals surface area contributed by atoms with Crippen molar-refractivity contribution in [2.45, 2.75) is 58.5 Å². The lowest BCUT2D eigenvalue weighted by Gasteiger charge is -2.22. The van der Waals surface area contributed by atoms with Gasteiger partial charge in [-0.25, -0.2) is 0 Å². The fraction of sp³-hybridized carbons (Fsp3) is 0.846. The summed E-state index contributed by atoms with van der Waals surface area (Å²) in [5, 5.41) is 4.06. The average Bonchev–Trinajstić information content (AvgIpc) is 2.96. The molecule has 0 aliphatic heterocycles. The van der Waals surface area contributed by atoms with Crippen molar-refractivity contribution < 1.29 is 4.52 Å². The molecule has 0 bridgehead atoms. The smallest absolute Gasteiger partial charge is 0.232 e. The van der Waals surface area contributed by atoms with Gasteiger partial charge in [-0.2, -0.15) is 4.98 Å². The molecule has 1 aliphatic carbocycles. The molecule has 1 aromatic heterocycles. The molecule has 1 aromatic rings. The van der Waals surface area contributed by atoms with Gasteiger partial charge in [0, 0.05) is 11.5 Å². The highest BCUT2D eigenvalue weighted by molar-refractivity contribution is 4.98. The highest BCUT2D eigenvalue weighted by Gasteiger charge is 2.31. The Bertz CT molecular complexity index is 376. The molecule has 0 N–H and O–H groups in total. The van der Waals surface area contributed by atoms with E-state index in [2.05, 4.69) is 49.8 Å². The first-order chi connectivity index (χ1) is 7.88. The summed E-state index contributed by atoms with van der Waals surface area (Å²) >= 11 is 0. The van der Waals surface area contributed by atoms with Crippen molar-refractivity contribution in [1.82, 2.24) is 15.0 Å². The second kappa shape index (κ2) is 4.41. The Morgan fingerprint density at radius 1 is 1.41 bits per heavy atom. The fourth-order valence-electron chi connectivity index (χ4n) is 1.93. The van der Waals surface area contributed by atoms with Crippen molar-refractivity contribution in [1.29, 1.82) is 0 Å². The number of aromatic nitrogens is 2. The molecule has 0 saturated heterocycles. The van der Waals surface area contributed by atoms with Crippen molar-refractivity contribution in [3.05, 3.63) is 11.7 Å². The monoisotopic (exact) mass is 237 g/mol. The minimum atomic E-state index is -0.0636. The summed E-state index contributed by atoms with van der Waals surface area (Å²) in [6, 6.07) is 0.617. The van der Waals surface area contributed by atoms with E-state index in [0.29, 0.717) is 6.04 Å². The Morgan fingerprint density at radius 3 is 2.53 bits per heavy atom. The van der Waals surface area contributed by atoms with Crippen molar-refractivity contribution in [2.75, 3.05) is 7.05 Å². The fourth-order valence-corrected chi connectivity index (χ4v) is 1.93. The molecule has 2 rings (SSSR count). The van der Waals surface area contributed by atoms with Gasteiger partial charge in [0.2, 0.25) is 5.89 Å². The van der Waals surface area contributed by atoms with Crippen LogP contribution in [0.1, 0.15) is 52.3 Å². The summed E-state index contributed by atoms with van der Waals surface area (Å²) in [4.78, 5) is 6.78. The molecule has 1 unspecified atom stereocenters. The first kappa shape index (κ1) is 12.6. The topological polar surface area (TPSA) is 42.2 Å². The van der Waals surface area contributed by atoms with Crippen LogP contribution in [0.25, 0.3) is 0 Å². The zero-order chi connectivity index (χ0) is 12.6. The van der Waals surface area contributed by atoms with E-state index in [1.807, 2.05) is 0 Å². The van der Waals surface area contributed by atoms with Crippen LogP contribution in [0.2, 0.25) is 0 Å². The maximum Gasteiger partial charge on any atom is 0.232 e. The van der Waals surface area contributed by atoms with Crippen molar-refractivity contribution in [3.63, 3.8) is 0 Å². The maximum atomic E-state index is 5.30. The second-order valence-corrected chi connectivity index (χ2v) is 6.26. The largest absolute Gasteiger partial charge is 0.339 e. The van der Waals surface area contributed by atoms with E-state index in [4.69, 9.17) is 4.52 Å². The van der Waals surface area contributed by atoms with Gasteiger partial charge in [0.25, 0.3) is 0 Å². The lowest BCUT2D eigenvalue weighted by atomic mass is 9.97. The summed E-state index contributed by atoms with van der Waals surface area (Å²) in [5.41, 5.74) is -0.0636. The first-order valence-electron chi connectivity index (χ1n) is 6.41. The van der Waals surface area contributed by atoms with Gasteiger partial charge < -0.3 is 4.52 Å². The zero-order valence-electron chi connectivity index (χ0n) is 11.5. The molecule has 0 radical (unpaired) electrons. The van der Waals surface area contributed by atoms with Gasteiger partial charge in [0.15, 0.2) is 5.82 Å². The Morgan fingerprint density at radius 2 is 2.06 bits per heavy atom. The minimum Gasteiger partial charge on any atom is -0.339 e. The predicted octanol–water partition coefficient (Wildman–Crippen LogP) is 2.60. The van der Waals surface area contributed by atoms with E-state index in [9.17, 15) is 0 Å². The van der Waals surface area contributed by atoms with Crippen LogP contribution in [-0.4, -0.2) is 28.1 Å². The highest BCUT2D eigenvalue weighted by atomic mass is 16.5. The van der Waals surface area contributed by atoms with Gasteiger partial charge in [-0.05, 0) is 32.7 Å². The quantitative estimate of drug-likeness (QED) is 0.807. The molecule has 0 amide bonds. The van der Waals surface area contributed by atoms with Crippen molar-refractivity contribution in [2.24, 2.45) is 5.92 Å². The molecule has 0 spiro atoms. The van der Waals surface area contributed by atoms with Crippen LogP contribution in [0, 0.1) is 5.92 Å². The van der Waals surface area contributed by atoms with E-state index in [0.717, 1.165) is 24.2 Å². The summed E-state index contributed by atoms with van der Waals surface area (Å²) in [7, 11) is 2.14. The van der Waals surface area contributed by atoms with Gasteiger partial charge >= 0.3 is 0 Å². The second-order valence-electron chi connectivity index (χ2n) is 6.26. The van der Waals surface area contributed by atoms with Gasteiger partial charge in [-0.3, -0.25) is 4.90 Å². The van der Waals surface area contributed by atoms with Crippen molar-refractivity contribution in [3.8, 4) is 0 Å². The number of hydrogen-bond acceptors (Lipinski definition) is 4. The zero-order valence-corrected chi connectivity index (χ0v) is 11.5. The Kier molecular flexibility index (Phi) is 3.25. The van der Waals surface area contributed by atoms with Gasteiger partial charge in [0.05, 0.1) is 6.54 Å². The first-order valence-corrected chi connectivity index (χ1v) is 6.41. The lowest BCUT2D eigenvalue weighted by Crippen LogP contribution is -2.30. The third kappa shape index (κ3) is 3.06. The molecule has 1 saturated carbocycles. The molecule has 4 heteroatoms.